The zero-order valence-corrected chi connectivity index (χ0v) is 15.3. The van der Waals surface area contributed by atoms with Crippen LogP contribution >= 0.6 is 0 Å². The molecule has 0 saturated carbocycles. The monoisotopic (exact) mass is 367 g/mol. The molecule has 1 N–H and O–H groups in total. The van der Waals surface area contributed by atoms with Crippen LogP contribution in [-0.4, -0.2) is 47.6 Å². The molecular weight excluding hydrogens is 342 g/mol. The smallest absolute Gasteiger partial charge is 0.223 e. The number of nitrogens with one attached hydrogen (secondary N) is 1. The molecule has 0 spiro atoms. The minimum atomic E-state index is -0.120. The Labute approximate surface area is 159 Å². The molecular formula is C21H25N3O3. The fourth-order valence-electron chi connectivity index (χ4n) is 3.70. The number of likely N-dealkylation sites (tertiary alicyclic amines) is 1. The van der Waals surface area contributed by atoms with E-state index >= 15 is 0 Å². The van der Waals surface area contributed by atoms with E-state index in [1.54, 1.807) is 6.20 Å². The summed E-state index contributed by atoms with van der Waals surface area (Å²) in [5.74, 6) is 1.75. The summed E-state index contributed by atoms with van der Waals surface area (Å²) in [5, 5.41) is 3.42. The second kappa shape index (κ2) is 8.39. The summed E-state index contributed by atoms with van der Waals surface area (Å²) in [7, 11) is 0. The van der Waals surface area contributed by atoms with Crippen LogP contribution in [0.25, 0.3) is 0 Å². The summed E-state index contributed by atoms with van der Waals surface area (Å²) < 4.78 is 11.8. The van der Waals surface area contributed by atoms with Crippen molar-refractivity contribution >= 4 is 5.91 Å². The summed E-state index contributed by atoms with van der Waals surface area (Å²) >= 11 is 0. The minimum absolute atomic E-state index is 0.120. The summed E-state index contributed by atoms with van der Waals surface area (Å²) in [6.45, 7) is 2.66. The highest BCUT2D eigenvalue weighted by Crippen LogP contribution is 2.32. The van der Waals surface area contributed by atoms with Gasteiger partial charge in [0.05, 0.1) is 12.2 Å². The molecule has 142 valence electrons. The van der Waals surface area contributed by atoms with Crippen molar-refractivity contribution in [2.24, 2.45) is 0 Å². The van der Waals surface area contributed by atoms with Gasteiger partial charge in [-0.15, -0.1) is 0 Å². The molecule has 0 aliphatic carbocycles. The molecule has 3 heterocycles. The fraction of sp³-hybridized carbons (Fsp3) is 0.429. The van der Waals surface area contributed by atoms with Crippen LogP contribution in [0.4, 0.5) is 0 Å². The lowest BCUT2D eigenvalue weighted by atomic mass is 10.1. The van der Waals surface area contributed by atoms with Crippen LogP contribution in [0.1, 0.15) is 25.0 Å². The molecule has 4 rings (SSSR count). The van der Waals surface area contributed by atoms with E-state index in [9.17, 15) is 4.79 Å². The van der Waals surface area contributed by atoms with Crippen molar-refractivity contribution in [2.45, 2.75) is 38.0 Å². The Morgan fingerprint density at radius 3 is 2.85 bits per heavy atom. The third-order valence-electron chi connectivity index (χ3n) is 5.11. The fourth-order valence-corrected chi connectivity index (χ4v) is 3.70. The van der Waals surface area contributed by atoms with Crippen LogP contribution in [0.15, 0.2) is 48.7 Å². The standard InChI is InChI=1S/C21H25N3O3/c25-21-9-8-17(10-12-22-13-16-5-3-4-11-23-16)24(21)14-18-15-26-19-6-1-2-7-20(19)27-18/h1-7,11,17-18,22H,8-10,12-15H2/t17-,18-/m1/s1. The number of benzene rings is 1. The van der Waals surface area contributed by atoms with Crippen molar-refractivity contribution in [3.8, 4) is 11.5 Å². The third-order valence-corrected chi connectivity index (χ3v) is 5.11. The number of pyridine rings is 1. The number of rotatable bonds is 7. The van der Waals surface area contributed by atoms with Crippen molar-refractivity contribution in [3.05, 3.63) is 54.4 Å². The molecule has 0 radical (unpaired) electrons. The molecule has 27 heavy (non-hydrogen) atoms. The number of amides is 1. The topological polar surface area (TPSA) is 63.7 Å². The quantitative estimate of drug-likeness (QED) is 0.762. The van der Waals surface area contributed by atoms with E-state index in [-0.39, 0.29) is 18.1 Å². The van der Waals surface area contributed by atoms with Crippen LogP contribution in [0, 0.1) is 0 Å². The van der Waals surface area contributed by atoms with E-state index in [2.05, 4.69) is 10.3 Å². The average molecular weight is 367 g/mol. The van der Waals surface area contributed by atoms with Gasteiger partial charge in [-0.05, 0) is 43.7 Å². The van der Waals surface area contributed by atoms with Crippen molar-refractivity contribution in [2.75, 3.05) is 19.7 Å². The Morgan fingerprint density at radius 2 is 2.00 bits per heavy atom. The number of para-hydroxylation sites is 2. The first kappa shape index (κ1) is 17.8. The first-order chi connectivity index (χ1) is 13.3. The minimum Gasteiger partial charge on any atom is -0.486 e. The molecule has 2 aliphatic heterocycles. The van der Waals surface area contributed by atoms with E-state index in [4.69, 9.17) is 9.47 Å². The van der Waals surface area contributed by atoms with Gasteiger partial charge < -0.3 is 19.7 Å². The van der Waals surface area contributed by atoms with Gasteiger partial charge in [-0.1, -0.05) is 18.2 Å². The van der Waals surface area contributed by atoms with E-state index in [1.807, 2.05) is 47.4 Å². The number of fused-ring (bicyclic) bond motifs is 1. The largest absolute Gasteiger partial charge is 0.486 e. The van der Waals surface area contributed by atoms with Gasteiger partial charge in [0.25, 0.3) is 0 Å². The van der Waals surface area contributed by atoms with E-state index < -0.39 is 0 Å². The molecule has 6 nitrogen and oxygen atoms in total. The number of aromatic nitrogens is 1. The Balaban J connectivity index is 1.27. The van der Waals surface area contributed by atoms with Crippen molar-refractivity contribution in [3.63, 3.8) is 0 Å². The predicted molar refractivity (Wildman–Crippen MR) is 102 cm³/mol. The summed E-state index contributed by atoms with van der Waals surface area (Å²) in [4.78, 5) is 18.6. The maximum Gasteiger partial charge on any atom is 0.223 e. The van der Waals surface area contributed by atoms with Crippen molar-refractivity contribution in [1.82, 2.24) is 15.2 Å². The molecule has 0 unspecified atom stereocenters. The Hall–Kier alpha value is -2.60. The third kappa shape index (κ3) is 4.39. The zero-order valence-electron chi connectivity index (χ0n) is 15.3. The first-order valence-electron chi connectivity index (χ1n) is 9.58. The Morgan fingerprint density at radius 1 is 1.15 bits per heavy atom. The molecule has 2 aliphatic rings. The lowest BCUT2D eigenvalue weighted by molar-refractivity contribution is -0.130. The van der Waals surface area contributed by atoms with Gasteiger partial charge in [0.1, 0.15) is 6.61 Å². The van der Waals surface area contributed by atoms with Crippen LogP contribution < -0.4 is 14.8 Å². The van der Waals surface area contributed by atoms with E-state index in [0.29, 0.717) is 19.6 Å². The van der Waals surface area contributed by atoms with Gasteiger partial charge >= 0.3 is 0 Å². The number of carbonyl (C=O) groups is 1. The molecule has 1 aromatic heterocycles. The van der Waals surface area contributed by atoms with Gasteiger partial charge in [0.15, 0.2) is 17.6 Å². The SMILES string of the molecule is O=C1CC[C@H](CCNCc2ccccn2)N1C[C@@H]1COc2ccccc2O1. The normalized spacial score (nSPS) is 21.5. The highest BCUT2D eigenvalue weighted by Gasteiger charge is 2.34. The molecule has 1 saturated heterocycles. The maximum atomic E-state index is 12.4. The van der Waals surface area contributed by atoms with Gasteiger partial charge in [0.2, 0.25) is 5.91 Å². The van der Waals surface area contributed by atoms with Crippen LogP contribution in [-0.2, 0) is 11.3 Å². The van der Waals surface area contributed by atoms with E-state index in [0.717, 1.165) is 43.1 Å². The lowest BCUT2D eigenvalue weighted by Crippen LogP contribution is -2.45. The molecule has 1 amide bonds. The summed E-state index contributed by atoms with van der Waals surface area (Å²) in [6.07, 6.45) is 4.15. The van der Waals surface area contributed by atoms with Gasteiger partial charge in [-0.3, -0.25) is 9.78 Å². The highest BCUT2D eigenvalue weighted by molar-refractivity contribution is 5.78. The Bertz CT molecular complexity index is 768. The molecule has 2 atom stereocenters. The van der Waals surface area contributed by atoms with Gasteiger partial charge in [-0.25, -0.2) is 0 Å². The van der Waals surface area contributed by atoms with Crippen molar-refractivity contribution < 1.29 is 14.3 Å². The van der Waals surface area contributed by atoms with Gasteiger partial charge in [-0.2, -0.15) is 0 Å². The second-order valence-electron chi connectivity index (χ2n) is 7.02. The first-order valence-corrected chi connectivity index (χ1v) is 9.58. The van der Waals surface area contributed by atoms with Crippen LogP contribution in [0.3, 0.4) is 0 Å². The average Bonchev–Trinajstić information content (AvgIpc) is 3.05. The second-order valence-corrected chi connectivity index (χ2v) is 7.02. The summed E-state index contributed by atoms with van der Waals surface area (Å²) in [6, 6.07) is 13.9. The molecule has 6 heteroatoms. The molecule has 1 aromatic carbocycles. The predicted octanol–water partition coefficient (Wildman–Crippen LogP) is 2.39. The van der Waals surface area contributed by atoms with Crippen LogP contribution in [0.2, 0.25) is 0 Å². The highest BCUT2D eigenvalue weighted by atomic mass is 16.6. The number of ether oxygens (including phenoxy) is 2. The van der Waals surface area contributed by atoms with Crippen LogP contribution in [0.5, 0.6) is 11.5 Å². The number of hydrogen-bond donors (Lipinski definition) is 1. The summed E-state index contributed by atoms with van der Waals surface area (Å²) in [5.41, 5.74) is 1.03. The van der Waals surface area contributed by atoms with Gasteiger partial charge in [0, 0.05) is 25.2 Å². The lowest BCUT2D eigenvalue weighted by Gasteiger charge is -2.32. The molecule has 0 bridgehead atoms. The number of carbonyl (C=O) groups excluding carboxylic acids is 1. The maximum absolute atomic E-state index is 12.4. The molecule has 1 fully saturated rings. The van der Waals surface area contributed by atoms with E-state index in [1.165, 1.54) is 0 Å². The Kier molecular flexibility index (Phi) is 5.53. The number of hydrogen-bond acceptors (Lipinski definition) is 5. The zero-order chi connectivity index (χ0) is 18.5. The number of nitrogens with zero attached hydrogens (tertiary/aromatic N) is 2. The van der Waals surface area contributed by atoms with Crippen molar-refractivity contribution in [1.29, 1.82) is 0 Å². The molecule has 2 aromatic rings.